The van der Waals surface area contributed by atoms with Gasteiger partial charge in [0.1, 0.15) is 5.76 Å². The van der Waals surface area contributed by atoms with Crippen molar-refractivity contribution in [1.29, 1.82) is 0 Å². The molecule has 0 spiro atoms. The number of furan rings is 1. The Morgan fingerprint density at radius 2 is 2.00 bits per heavy atom. The zero-order chi connectivity index (χ0) is 12.4. The molecule has 2 fully saturated rings. The number of rotatable bonds is 2. The van der Waals surface area contributed by atoms with Gasteiger partial charge in [0.25, 0.3) is 0 Å². The number of hydrogen-bond donors (Lipinski definition) is 0. The van der Waals surface area contributed by atoms with Crippen molar-refractivity contribution in [2.24, 2.45) is 5.92 Å². The Balaban J connectivity index is 1.96. The Morgan fingerprint density at radius 1 is 1.17 bits per heavy atom. The number of likely N-dealkylation sites (tertiary alicyclic amines) is 1. The quantitative estimate of drug-likeness (QED) is 0.780. The van der Waals surface area contributed by atoms with Crippen molar-refractivity contribution >= 4 is 0 Å². The van der Waals surface area contributed by atoms with Gasteiger partial charge in [0, 0.05) is 0 Å². The molecule has 1 aromatic heterocycles. The summed E-state index contributed by atoms with van der Waals surface area (Å²) in [6.07, 6.45) is 11.3. The van der Waals surface area contributed by atoms with Gasteiger partial charge in [-0.2, -0.15) is 0 Å². The summed E-state index contributed by atoms with van der Waals surface area (Å²) >= 11 is 0. The molecule has 18 heavy (non-hydrogen) atoms. The van der Waals surface area contributed by atoms with Gasteiger partial charge in [-0.3, -0.25) is 4.90 Å². The molecular weight excluding hydrogens is 222 g/mol. The molecular formula is C16H25NO. The number of hydrogen-bond acceptors (Lipinski definition) is 2. The van der Waals surface area contributed by atoms with Crippen LogP contribution < -0.4 is 0 Å². The van der Waals surface area contributed by atoms with Gasteiger partial charge in [0.05, 0.1) is 11.8 Å². The maximum Gasteiger partial charge on any atom is 0.124 e. The summed E-state index contributed by atoms with van der Waals surface area (Å²) in [4.78, 5) is 2.74. The summed E-state index contributed by atoms with van der Waals surface area (Å²) in [5, 5.41) is 0. The fraction of sp³-hybridized carbons (Fsp3) is 0.750. The second-order valence-corrected chi connectivity index (χ2v) is 6.10. The minimum Gasteiger partial charge on any atom is -0.467 e. The van der Waals surface area contributed by atoms with Crippen LogP contribution in [0.4, 0.5) is 0 Å². The molecule has 0 unspecified atom stereocenters. The molecule has 2 heterocycles. The first-order chi connectivity index (χ1) is 8.84. The van der Waals surface area contributed by atoms with Crippen LogP contribution in [-0.2, 0) is 5.54 Å². The van der Waals surface area contributed by atoms with Crippen LogP contribution >= 0.6 is 0 Å². The smallest absolute Gasteiger partial charge is 0.124 e. The van der Waals surface area contributed by atoms with E-state index >= 15 is 0 Å². The van der Waals surface area contributed by atoms with Crippen molar-refractivity contribution in [3.63, 3.8) is 0 Å². The van der Waals surface area contributed by atoms with Gasteiger partial charge in [-0.25, -0.2) is 0 Å². The largest absolute Gasteiger partial charge is 0.467 e. The SMILES string of the molecule is C[C@H]1CCCC[C@]1(c1ccco1)N1CCCCC1. The average Bonchev–Trinajstić information content (AvgIpc) is 2.95. The zero-order valence-electron chi connectivity index (χ0n) is 11.5. The zero-order valence-corrected chi connectivity index (χ0v) is 11.5. The van der Waals surface area contributed by atoms with Gasteiger partial charge < -0.3 is 4.42 Å². The molecule has 0 aromatic carbocycles. The molecule has 1 saturated carbocycles. The summed E-state index contributed by atoms with van der Waals surface area (Å²) in [5.74, 6) is 1.94. The summed E-state index contributed by atoms with van der Waals surface area (Å²) < 4.78 is 5.86. The lowest BCUT2D eigenvalue weighted by molar-refractivity contribution is -0.0266. The third-order valence-electron chi connectivity index (χ3n) is 5.13. The predicted molar refractivity (Wildman–Crippen MR) is 73.4 cm³/mol. The van der Waals surface area contributed by atoms with Gasteiger partial charge in [0.15, 0.2) is 0 Å². The molecule has 100 valence electrons. The van der Waals surface area contributed by atoms with E-state index in [2.05, 4.69) is 24.0 Å². The molecule has 2 nitrogen and oxygen atoms in total. The number of nitrogens with zero attached hydrogens (tertiary/aromatic N) is 1. The van der Waals surface area contributed by atoms with E-state index in [0.717, 1.165) is 5.92 Å². The Hall–Kier alpha value is -0.760. The summed E-state index contributed by atoms with van der Waals surface area (Å²) in [6, 6.07) is 4.26. The van der Waals surface area contributed by atoms with Crippen LogP contribution in [-0.4, -0.2) is 18.0 Å². The summed E-state index contributed by atoms with van der Waals surface area (Å²) in [6.45, 7) is 4.94. The molecule has 2 aliphatic rings. The Kier molecular flexibility index (Phi) is 3.47. The molecule has 1 aliphatic carbocycles. The lowest BCUT2D eigenvalue weighted by atomic mass is 9.70. The van der Waals surface area contributed by atoms with Gasteiger partial charge in [-0.05, 0) is 56.8 Å². The van der Waals surface area contributed by atoms with Gasteiger partial charge in [-0.15, -0.1) is 0 Å². The fourth-order valence-electron chi connectivity index (χ4n) is 4.14. The molecule has 0 bridgehead atoms. The third-order valence-corrected chi connectivity index (χ3v) is 5.13. The van der Waals surface area contributed by atoms with Crippen LogP contribution in [0, 0.1) is 5.92 Å². The second kappa shape index (κ2) is 5.08. The van der Waals surface area contributed by atoms with Crippen LogP contribution in [0.5, 0.6) is 0 Å². The van der Waals surface area contributed by atoms with Crippen molar-refractivity contribution in [1.82, 2.24) is 4.90 Å². The van der Waals surface area contributed by atoms with Crippen molar-refractivity contribution in [3.05, 3.63) is 24.2 Å². The van der Waals surface area contributed by atoms with Crippen molar-refractivity contribution in [2.75, 3.05) is 13.1 Å². The highest BCUT2D eigenvalue weighted by molar-refractivity contribution is 5.16. The van der Waals surface area contributed by atoms with Crippen LogP contribution in [0.2, 0.25) is 0 Å². The molecule has 2 atom stereocenters. The topological polar surface area (TPSA) is 16.4 Å². The van der Waals surface area contributed by atoms with Crippen molar-refractivity contribution < 1.29 is 4.42 Å². The highest BCUT2D eigenvalue weighted by atomic mass is 16.3. The first-order valence-electron chi connectivity index (χ1n) is 7.63. The van der Waals surface area contributed by atoms with E-state index in [-0.39, 0.29) is 5.54 Å². The van der Waals surface area contributed by atoms with Crippen LogP contribution in [0.15, 0.2) is 22.8 Å². The lowest BCUT2D eigenvalue weighted by Gasteiger charge is -2.50. The summed E-state index contributed by atoms with van der Waals surface area (Å²) in [5.41, 5.74) is 0.197. The van der Waals surface area contributed by atoms with E-state index in [1.54, 1.807) is 0 Å². The van der Waals surface area contributed by atoms with Crippen molar-refractivity contribution in [3.8, 4) is 0 Å². The third kappa shape index (κ3) is 1.91. The molecule has 0 N–H and O–H groups in total. The first-order valence-corrected chi connectivity index (χ1v) is 7.63. The summed E-state index contributed by atoms with van der Waals surface area (Å²) in [7, 11) is 0. The van der Waals surface area contributed by atoms with Gasteiger partial charge in [-0.1, -0.05) is 26.2 Å². The molecule has 1 aromatic rings. The van der Waals surface area contributed by atoms with E-state index in [4.69, 9.17) is 4.42 Å². The van der Waals surface area contributed by atoms with Crippen molar-refractivity contribution in [2.45, 2.75) is 57.4 Å². The van der Waals surface area contributed by atoms with Crippen LogP contribution in [0.25, 0.3) is 0 Å². The van der Waals surface area contributed by atoms with E-state index in [1.807, 2.05) is 6.26 Å². The minimum atomic E-state index is 0.197. The van der Waals surface area contributed by atoms with Gasteiger partial charge >= 0.3 is 0 Å². The highest BCUT2D eigenvalue weighted by Gasteiger charge is 2.46. The molecule has 3 rings (SSSR count). The molecule has 0 amide bonds. The molecule has 1 saturated heterocycles. The molecule has 1 aliphatic heterocycles. The van der Waals surface area contributed by atoms with Gasteiger partial charge in [0.2, 0.25) is 0 Å². The van der Waals surface area contributed by atoms with E-state index in [1.165, 1.54) is 63.8 Å². The molecule has 2 heteroatoms. The maximum atomic E-state index is 5.86. The predicted octanol–water partition coefficient (Wildman–Crippen LogP) is 4.17. The Labute approximate surface area is 110 Å². The van der Waals surface area contributed by atoms with E-state index in [9.17, 15) is 0 Å². The van der Waals surface area contributed by atoms with Crippen LogP contribution in [0.1, 0.15) is 57.6 Å². The average molecular weight is 247 g/mol. The minimum absolute atomic E-state index is 0.197. The Bertz CT molecular complexity index is 366. The first kappa shape index (κ1) is 12.3. The number of piperidine rings is 1. The second-order valence-electron chi connectivity index (χ2n) is 6.10. The fourth-order valence-corrected chi connectivity index (χ4v) is 4.14. The normalized spacial score (nSPS) is 34.6. The van der Waals surface area contributed by atoms with E-state index in [0.29, 0.717) is 0 Å². The highest BCUT2D eigenvalue weighted by Crippen LogP contribution is 2.47. The maximum absolute atomic E-state index is 5.86. The monoisotopic (exact) mass is 247 g/mol. The molecule has 0 radical (unpaired) electrons. The van der Waals surface area contributed by atoms with E-state index < -0.39 is 0 Å². The Morgan fingerprint density at radius 3 is 2.67 bits per heavy atom. The standard InChI is InChI=1S/C16H25NO/c1-14-8-3-4-10-16(14,15-9-7-13-18-15)17-11-5-2-6-12-17/h7,9,13-14H,2-6,8,10-12H2,1H3/t14-,16-/m0/s1. The lowest BCUT2D eigenvalue weighted by Crippen LogP contribution is -2.53. The van der Waals surface area contributed by atoms with Crippen LogP contribution in [0.3, 0.4) is 0 Å².